The topological polar surface area (TPSA) is 88.6 Å². The summed E-state index contributed by atoms with van der Waals surface area (Å²) in [7, 11) is 1.60. The second-order valence-electron chi connectivity index (χ2n) is 5.98. The van der Waals surface area contributed by atoms with Gasteiger partial charge < -0.3 is 4.74 Å². The molecule has 2 heterocycles. The monoisotopic (exact) mass is 381 g/mol. The average Bonchev–Trinajstić information content (AvgIpc) is 3.23. The van der Waals surface area contributed by atoms with Crippen molar-refractivity contribution >= 4 is 50.1 Å². The van der Waals surface area contributed by atoms with Gasteiger partial charge in [-0.15, -0.1) is 0 Å². The number of thiazole rings is 1. The molecule has 0 unspecified atom stereocenters. The lowest BCUT2D eigenvalue weighted by molar-refractivity contribution is -0.121. The minimum Gasteiger partial charge on any atom is -0.497 e. The van der Waals surface area contributed by atoms with Crippen LogP contribution in [0.3, 0.4) is 0 Å². The number of anilines is 2. The molecule has 1 saturated heterocycles. The zero-order valence-corrected chi connectivity index (χ0v) is 15.2. The third kappa shape index (κ3) is 3.26. The SMILES string of the molecule is COc1ccc2nc(NC(=O)c3ccc(N4C(=O)CCC4=O)cc3)sc2c1. The number of carbonyl (C=O) groups excluding carboxylic acids is 3. The molecule has 0 aliphatic carbocycles. The summed E-state index contributed by atoms with van der Waals surface area (Å²) in [4.78, 5) is 41.6. The molecule has 1 N–H and O–H groups in total. The van der Waals surface area contributed by atoms with Crippen LogP contribution in [-0.4, -0.2) is 29.8 Å². The normalized spacial score (nSPS) is 14.0. The summed E-state index contributed by atoms with van der Waals surface area (Å²) >= 11 is 1.35. The number of fused-ring (bicyclic) bond motifs is 1. The minimum absolute atomic E-state index is 0.220. The van der Waals surface area contributed by atoms with E-state index in [-0.39, 0.29) is 30.6 Å². The maximum atomic E-state index is 12.5. The number of rotatable bonds is 4. The fourth-order valence-electron chi connectivity index (χ4n) is 2.88. The number of carbonyl (C=O) groups is 3. The Morgan fingerprint density at radius 1 is 1.11 bits per heavy atom. The number of amides is 3. The van der Waals surface area contributed by atoms with Crippen LogP contribution in [0.25, 0.3) is 10.2 Å². The lowest BCUT2D eigenvalue weighted by Gasteiger charge is -2.13. The summed E-state index contributed by atoms with van der Waals surface area (Å²) in [5, 5.41) is 3.26. The lowest BCUT2D eigenvalue weighted by atomic mass is 10.2. The van der Waals surface area contributed by atoms with Gasteiger partial charge >= 0.3 is 0 Å². The van der Waals surface area contributed by atoms with Crippen molar-refractivity contribution in [3.8, 4) is 5.75 Å². The molecule has 1 fully saturated rings. The molecule has 0 bridgehead atoms. The molecular formula is C19H15N3O4S. The number of ether oxygens (including phenoxy) is 1. The van der Waals surface area contributed by atoms with E-state index < -0.39 is 0 Å². The molecule has 1 aliphatic rings. The van der Waals surface area contributed by atoms with Crippen molar-refractivity contribution in [1.82, 2.24) is 4.98 Å². The molecule has 3 aromatic rings. The third-order valence-corrected chi connectivity index (χ3v) is 5.19. The first-order chi connectivity index (χ1) is 13.0. The summed E-state index contributed by atoms with van der Waals surface area (Å²) in [6, 6.07) is 11.9. The first-order valence-electron chi connectivity index (χ1n) is 8.27. The van der Waals surface area contributed by atoms with E-state index in [0.717, 1.165) is 20.9 Å². The largest absolute Gasteiger partial charge is 0.497 e. The Labute approximate surface area is 158 Å². The summed E-state index contributed by atoms with van der Waals surface area (Å²) in [5.41, 5.74) is 1.67. The Balaban J connectivity index is 1.51. The Morgan fingerprint density at radius 2 is 1.81 bits per heavy atom. The molecule has 4 rings (SSSR count). The number of nitrogens with zero attached hydrogens (tertiary/aromatic N) is 2. The molecule has 3 amide bonds. The van der Waals surface area contributed by atoms with Crippen LogP contribution >= 0.6 is 11.3 Å². The van der Waals surface area contributed by atoms with Gasteiger partial charge in [0, 0.05) is 18.4 Å². The summed E-state index contributed by atoms with van der Waals surface area (Å²) < 4.78 is 6.10. The van der Waals surface area contributed by atoms with Crippen molar-refractivity contribution in [3.05, 3.63) is 48.0 Å². The first-order valence-corrected chi connectivity index (χ1v) is 9.08. The van der Waals surface area contributed by atoms with Crippen molar-refractivity contribution in [3.63, 3.8) is 0 Å². The Hall–Kier alpha value is -3.26. The van der Waals surface area contributed by atoms with Crippen LogP contribution in [0.15, 0.2) is 42.5 Å². The fourth-order valence-corrected chi connectivity index (χ4v) is 3.77. The standard InChI is InChI=1S/C19H15N3O4S/c1-26-13-6-7-14-15(10-13)27-19(20-14)21-18(25)11-2-4-12(5-3-11)22-16(23)8-9-17(22)24/h2-7,10H,8-9H2,1H3,(H,20,21,25). The molecule has 8 heteroatoms. The van der Waals surface area contributed by atoms with E-state index in [2.05, 4.69) is 10.3 Å². The van der Waals surface area contributed by atoms with Gasteiger partial charge in [-0.25, -0.2) is 4.98 Å². The quantitative estimate of drug-likeness (QED) is 0.701. The number of methoxy groups -OCH3 is 1. The molecule has 136 valence electrons. The number of hydrogen-bond acceptors (Lipinski definition) is 6. The highest BCUT2D eigenvalue weighted by Crippen LogP contribution is 2.29. The van der Waals surface area contributed by atoms with Crippen molar-refractivity contribution in [2.45, 2.75) is 12.8 Å². The van der Waals surface area contributed by atoms with Crippen LogP contribution in [0, 0.1) is 0 Å². The van der Waals surface area contributed by atoms with Crippen molar-refractivity contribution in [1.29, 1.82) is 0 Å². The van der Waals surface area contributed by atoms with Crippen LogP contribution in [0.4, 0.5) is 10.8 Å². The molecule has 0 radical (unpaired) electrons. The highest BCUT2D eigenvalue weighted by atomic mass is 32.1. The molecular weight excluding hydrogens is 366 g/mol. The van der Waals surface area contributed by atoms with E-state index >= 15 is 0 Å². The van der Waals surface area contributed by atoms with E-state index in [4.69, 9.17) is 4.74 Å². The molecule has 27 heavy (non-hydrogen) atoms. The number of nitrogens with one attached hydrogen (secondary N) is 1. The van der Waals surface area contributed by atoms with Gasteiger partial charge in [-0.2, -0.15) is 0 Å². The molecule has 1 aromatic heterocycles. The zero-order valence-electron chi connectivity index (χ0n) is 14.4. The Morgan fingerprint density at radius 3 is 2.48 bits per heavy atom. The average molecular weight is 381 g/mol. The van der Waals surface area contributed by atoms with E-state index in [1.165, 1.54) is 11.3 Å². The minimum atomic E-state index is -0.313. The number of benzene rings is 2. The Bertz CT molecular complexity index is 1040. The van der Waals surface area contributed by atoms with Crippen molar-refractivity contribution in [2.75, 3.05) is 17.3 Å². The predicted octanol–water partition coefficient (Wildman–Crippen LogP) is 3.21. The van der Waals surface area contributed by atoms with Gasteiger partial charge in [0.1, 0.15) is 5.75 Å². The Kier molecular flexibility index (Phi) is 4.33. The maximum Gasteiger partial charge on any atom is 0.257 e. The third-order valence-electron chi connectivity index (χ3n) is 4.26. The molecule has 0 spiro atoms. The number of hydrogen-bond donors (Lipinski definition) is 1. The van der Waals surface area contributed by atoms with Crippen LogP contribution in [0.5, 0.6) is 5.75 Å². The van der Waals surface area contributed by atoms with E-state index in [1.54, 1.807) is 31.4 Å². The van der Waals surface area contributed by atoms with Gasteiger partial charge in [0.2, 0.25) is 11.8 Å². The van der Waals surface area contributed by atoms with E-state index in [9.17, 15) is 14.4 Å². The molecule has 0 atom stereocenters. The molecule has 2 aromatic carbocycles. The van der Waals surface area contributed by atoms with E-state index in [0.29, 0.717) is 16.4 Å². The molecule has 1 aliphatic heterocycles. The summed E-state index contributed by atoms with van der Waals surface area (Å²) in [5.74, 6) is -0.0264. The molecule has 0 saturated carbocycles. The number of imide groups is 1. The smallest absolute Gasteiger partial charge is 0.257 e. The van der Waals surface area contributed by atoms with Crippen molar-refractivity contribution in [2.24, 2.45) is 0 Å². The number of aromatic nitrogens is 1. The summed E-state index contributed by atoms with van der Waals surface area (Å²) in [6.45, 7) is 0. The molecule has 7 nitrogen and oxygen atoms in total. The van der Waals surface area contributed by atoms with Crippen LogP contribution in [-0.2, 0) is 9.59 Å². The van der Waals surface area contributed by atoms with Crippen LogP contribution in [0.1, 0.15) is 23.2 Å². The summed E-state index contributed by atoms with van der Waals surface area (Å²) in [6.07, 6.45) is 0.451. The van der Waals surface area contributed by atoms with Gasteiger partial charge in [0.25, 0.3) is 5.91 Å². The maximum absolute atomic E-state index is 12.5. The van der Waals surface area contributed by atoms with Crippen LogP contribution < -0.4 is 15.0 Å². The van der Waals surface area contributed by atoms with Gasteiger partial charge in [-0.1, -0.05) is 11.3 Å². The highest BCUT2D eigenvalue weighted by molar-refractivity contribution is 7.22. The second-order valence-corrected chi connectivity index (χ2v) is 7.01. The van der Waals surface area contributed by atoms with Gasteiger partial charge in [-0.3, -0.25) is 24.6 Å². The van der Waals surface area contributed by atoms with Crippen LogP contribution in [0.2, 0.25) is 0 Å². The van der Waals surface area contributed by atoms with Gasteiger partial charge in [-0.05, 0) is 42.5 Å². The predicted molar refractivity (Wildman–Crippen MR) is 102 cm³/mol. The highest BCUT2D eigenvalue weighted by Gasteiger charge is 2.30. The lowest BCUT2D eigenvalue weighted by Crippen LogP contribution is -2.28. The van der Waals surface area contributed by atoms with Gasteiger partial charge in [0.15, 0.2) is 5.13 Å². The van der Waals surface area contributed by atoms with Crippen molar-refractivity contribution < 1.29 is 19.1 Å². The first kappa shape index (κ1) is 17.2. The van der Waals surface area contributed by atoms with E-state index in [1.807, 2.05) is 18.2 Å². The fraction of sp³-hybridized carbons (Fsp3) is 0.158. The zero-order chi connectivity index (χ0) is 19.0. The van der Waals surface area contributed by atoms with Gasteiger partial charge in [0.05, 0.1) is 23.0 Å². The second kappa shape index (κ2) is 6.81.